The van der Waals surface area contributed by atoms with Crippen molar-refractivity contribution in [3.05, 3.63) is 59.2 Å². The third kappa shape index (κ3) is 7.34. The van der Waals surface area contributed by atoms with Crippen molar-refractivity contribution in [1.29, 1.82) is 0 Å². The summed E-state index contributed by atoms with van der Waals surface area (Å²) in [4.78, 5) is 57.1. The number of ether oxygens (including phenoxy) is 3. The van der Waals surface area contributed by atoms with Crippen LogP contribution in [-0.4, -0.2) is 103 Å². The average molecular weight is 593 g/mol. The lowest BCUT2D eigenvalue weighted by atomic mass is 9.95. The van der Waals surface area contributed by atoms with Crippen molar-refractivity contribution in [2.24, 2.45) is 5.92 Å². The Hall–Kier alpha value is -3.96. The Bertz CT molecular complexity index is 1360. The van der Waals surface area contributed by atoms with Crippen LogP contribution < -0.4 is 10.1 Å². The second-order valence-electron chi connectivity index (χ2n) is 11.4. The number of rotatable bonds is 4. The number of carbonyl (C=O) groups excluding carboxylic acids is 4. The lowest BCUT2D eigenvalue weighted by molar-refractivity contribution is -0.142. The predicted octanol–water partition coefficient (Wildman–Crippen LogP) is 2.36. The summed E-state index contributed by atoms with van der Waals surface area (Å²) >= 11 is 0. The molecule has 3 heterocycles. The fraction of sp³-hybridized carbons (Fsp3) is 0.500. The molecule has 4 amide bonds. The zero-order valence-corrected chi connectivity index (χ0v) is 25.0. The van der Waals surface area contributed by atoms with Gasteiger partial charge in [0.15, 0.2) is 0 Å². The number of nitrogens with one attached hydrogen (secondary N) is 1. The Morgan fingerprint density at radius 2 is 1.84 bits per heavy atom. The maximum absolute atomic E-state index is 13.6. The molecule has 0 aromatic heterocycles. The molecule has 11 heteroatoms. The number of likely N-dealkylation sites (tertiary alicyclic amines) is 2. The van der Waals surface area contributed by atoms with E-state index in [1.54, 1.807) is 29.0 Å². The molecule has 2 fully saturated rings. The number of benzene rings is 2. The fourth-order valence-corrected chi connectivity index (χ4v) is 5.81. The van der Waals surface area contributed by atoms with Gasteiger partial charge in [-0.1, -0.05) is 18.2 Å². The summed E-state index contributed by atoms with van der Waals surface area (Å²) < 4.78 is 17.7. The number of fused-ring (bicyclic) bond motifs is 5. The van der Waals surface area contributed by atoms with Gasteiger partial charge < -0.3 is 34.2 Å². The molecule has 1 N–H and O–H groups in total. The lowest BCUT2D eigenvalue weighted by Crippen LogP contribution is -2.48. The normalized spacial score (nSPS) is 21.7. The summed E-state index contributed by atoms with van der Waals surface area (Å²) in [6, 6.07) is 12.3. The number of hydrogen-bond donors (Lipinski definition) is 1. The van der Waals surface area contributed by atoms with E-state index in [0.717, 1.165) is 11.1 Å². The molecule has 230 valence electrons. The van der Waals surface area contributed by atoms with E-state index in [1.807, 2.05) is 44.2 Å². The topological polar surface area (TPSA) is 118 Å². The molecular weight excluding hydrogens is 552 g/mol. The van der Waals surface area contributed by atoms with Gasteiger partial charge in [0.2, 0.25) is 17.7 Å². The Morgan fingerprint density at radius 3 is 2.60 bits per heavy atom. The molecule has 3 aliphatic heterocycles. The van der Waals surface area contributed by atoms with Crippen LogP contribution in [-0.2, 0) is 30.5 Å². The first-order chi connectivity index (χ1) is 20.7. The van der Waals surface area contributed by atoms with Gasteiger partial charge in [-0.3, -0.25) is 19.2 Å². The molecule has 11 nitrogen and oxygen atoms in total. The quantitative estimate of drug-likeness (QED) is 0.579. The molecule has 0 radical (unpaired) electrons. The molecule has 2 atom stereocenters. The van der Waals surface area contributed by atoms with E-state index < -0.39 is 12.1 Å². The van der Waals surface area contributed by atoms with Crippen LogP contribution in [0.3, 0.4) is 0 Å². The average Bonchev–Trinajstić information content (AvgIpc) is 3.41. The van der Waals surface area contributed by atoms with Crippen LogP contribution in [0, 0.1) is 12.8 Å². The van der Waals surface area contributed by atoms with Gasteiger partial charge in [-0.2, -0.15) is 0 Å². The predicted molar refractivity (Wildman–Crippen MR) is 158 cm³/mol. The van der Waals surface area contributed by atoms with E-state index in [4.69, 9.17) is 14.2 Å². The molecule has 2 saturated heterocycles. The molecular formula is C32H40N4O7. The SMILES string of the molecule is CCOCC(=O)N1CCC(C(=O)N2C[C@@H]3NC(=O)CN(C)C(=O)c4ccc(C)c(c4)Oc4cccc(c4)CO[C@H]3C2)CC1. The first-order valence-electron chi connectivity index (χ1n) is 14.9. The summed E-state index contributed by atoms with van der Waals surface area (Å²) in [6.07, 6.45) is 0.722. The van der Waals surface area contributed by atoms with E-state index in [9.17, 15) is 19.2 Å². The molecule has 2 aromatic rings. The fourth-order valence-electron chi connectivity index (χ4n) is 5.81. The highest BCUT2D eigenvalue weighted by Gasteiger charge is 2.40. The minimum Gasteiger partial charge on any atom is -0.457 e. The third-order valence-corrected chi connectivity index (χ3v) is 8.30. The first kappa shape index (κ1) is 30.5. The maximum atomic E-state index is 13.6. The van der Waals surface area contributed by atoms with Crippen molar-refractivity contribution in [3.63, 3.8) is 0 Å². The molecule has 5 rings (SSSR count). The lowest BCUT2D eigenvalue weighted by Gasteiger charge is -2.33. The van der Waals surface area contributed by atoms with E-state index in [2.05, 4.69) is 5.32 Å². The monoisotopic (exact) mass is 592 g/mol. The standard InChI is InChI=1S/C32H40N4O7/c1-4-41-20-30(38)35-12-10-23(11-13-35)32(40)36-16-26-28(17-36)42-19-22-6-5-7-25(14-22)43-27-15-24(9-8-21(27)2)31(39)34(3)18-29(37)33-26/h5-9,14-15,23,26,28H,4,10-13,16-20H2,1-3H3,(H,33,37)/t26-,28-/m0/s1. The Morgan fingerprint density at radius 1 is 1.05 bits per heavy atom. The number of likely N-dealkylation sites (N-methyl/N-ethyl adjacent to an activating group) is 1. The Kier molecular flexibility index (Phi) is 9.62. The summed E-state index contributed by atoms with van der Waals surface area (Å²) in [5.41, 5.74) is 2.18. The molecule has 43 heavy (non-hydrogen) atoms. The smallest absolute Gasteiger partial charge is 0.254 e. The number of nitrogens with zero attached hydrogens (tertiary/aromatic N) is 3. The van der Waals surface area contributed by atoms with Crippen LogP contribution >= 0.6 is 0 Å². The second kappa shape index (κ2) is 13.6. The van der Waals surface area contributed by atoms with Gasteiger partial charge in [0.05, 0.1) is 25.3 Å². The summed E-state index contributed by atoms with van der Waals surface area (Å²) in [7, 11) is 1.58. The van der Waals surface area contributed by atoms with Gasteiger partial charge in [0, 0.05) is 51.3 Å². The van der Waals surface area contributed by atoms with Crippen molar-refractivity contribution in [1.82, 2.24) is 20.0 Å². The number of piperidine rings is 1. The molecule has 0 saturated carbocycles. The molecule has 3 aliphatic rings. The van der Waals surface area contributed by atoms with Gasteiger partial charge in [0.25, 0.3) is 5.91 Å². The van der Waals surface area contributed by atoms with Crippen LogP contribution in [0.4, 0.5) is 0 Å². The van der Waals surface area contributed by atoms with E-state index in [0.29, 0.717) is 62.7 Å². The van der Waals surface area contributed by atoms with E-state index in [1.165, 1.54) is 4.90 Å². The molecule has 0 spiro atoms. The minimum absolute atomic E-state index is 0.00508. The van der Waals surface area contributed by atoms with Crippen LogP contribution in [0.5, 0.6) is 11.5 Å². The van der Waals surface area contributed by atoms with Gasteiger partial charge in [-0.05, 0) is 62.1 Å². The van der Waals surface area contributed by atoms with Crippen LogP contribution in [0.25, 0.3) is 0 Å². The highest BCUT2D eigenvalue weighted by Crippen LogP contribution is 2.29. The van der Waals surface area contributed by atoms with E-state index in [-0.39, 0.29) is 49.3 Å². The first-order valence-corrected chi connectivity index (χ1v) is 14.9. The van der Waals surface area contributed by atoms with Crippen molar-refractivity contribution in [2.45, 2.75) is 45.4 Å². The van der Waals surface area contributed by atoms with Crippen molar-refractivity contribution in [2.75, 3.05) is 53.0 Å². The zero-order valence-electron chi connectivity index (χ0n) is 25.0. The zero-order chi connectivity index (χ0) is 30.5. The van der Waals surface area contributed by atoms with Gasteiger partial charge >= 0.3 is 0 Å². The Balaban J connectivity index is 1.30. The molecule has 2 aromatic carbocycles. The summed E-state index contributed by atoms with van der Waals surface area (Å²) in [6.45, 7) is 6.09. The van der Waals surface area contributed by atoms with Crippen molar-refractivity contribution < 1.29 is 33.4 Å². The molecule has 0 unspecified atom stereocenters. The molecule has 0 aliphatic carbocycles. The van der Waals surface area contributed by atoms with Gasteiger partial charge in [0.1, 0.15) is 18.1 Å². The van der Waals surface area contributed by atoms with Crippen molar-refractivity contribution >= 4 is 23.6 Å². The maximum Gasteiger partial charge on any atom is 0.254 e. The Labute approximate surface area is 252 Å². The van der Waals surface area contributed by atoms with Crippen LogP contribution in [0.15, 0.2) is 42.5 Å². The van der Waals surface area contributed by atoms with Crippen LogP contribution in [0.1, 0.15) is 41.3 Å². The summed E-state index contributed by atoms with van der Waals surface area (Å²) in [5.74, 6) is 0.290. The van der Waals surface area contributed by atoms with Crippen molar-refractivity contribution in [3.8, 4) is 11.5 Å². The molecule has 4 bridgehead atoms. The minimum atomic E-state index is -0.439. The highest BCUT2D eigenvalue weighted by atomic mass is 16.5. The van der Waals surface area contributed by atoms with Gasteiger partial charge in [-0.15, -0.1) is 0 Å². The number of aryl methyl sites for hydroxylation is 1. The van der Waals surface area contributed by atoms with Gasteiger partial charge in [-0.25, -0.2) is 0 Å². The highest BCUT2D eigenvalue weighted by molar-refractivity contribution is 5.97. The second-order valence-corrected chi connectivity index (χ2v) is 11.4. The number of amides is 4. The number of hydrogen-bond acceptors (Lipinski definition) is 7. The van der Waals surface area contributed by atoms with E-state index >= 15 is 0 Å². The number of carbonyl (C=O) groups is 4. The summed E-state index contributed by atoms with van der Waals surface area (Å²) in [5, 5.41) is 3.02. The largest absolute Gasteiger partial charge is 0.457 e. The third-order valence-electron chi connectivity index (χ3n) is 8.30. The van der Waals surface area contributed by atoms with Crippen LogP contribution in [0.2, 0.25) is 0 Å².